The van der Waals surface area contributed by atoms with Crippen molar-refractivity contribution in [2.24, 2.45) is 17.8 Å². The van der Waals surface area contributed by atoms with Gasteiger partial charge in [0.25, 0.3) is 0 Å². The van der Waals surface area contributed by atoms with Crippen molar-refractivity contribution in [1.82, 2.24) is 15.5 Å². The first-order valence-corrected chi connectivity index (χ1v) is 13.1. The third-order valence-corrected chi connectivity index (χ3v) is 7.00. The highest BCUT2D eigenvalue weighted by Crippen LogP contribution is 2.34. The summed E-state index contributed by atoms with van der Waals surface area (Å²) in [4.78, 5) is 26.4. The quantitative estimate of drug-likeness (QED) is 0.472. The van der Waals surface area contributed by atoms with E-state index in [-0.39, 0.29) is 24.2 Å². The Hall–Kier alpha value is -2.03. The van der Waals surface area contributed by atoms with E-state index in [9.17, 15) is 9.59 Å². The Labute approximate surface area is 214 Å². The summed E-state index contributed by atoms with van der Waals surface area (Å²) in [5, 5.41) is 6.65. The smallest absolute Gasteiger partial charge is 0.410 e. The van der Waals surface area contributed by atoms with Gasteiger partial charge in [0.2, 0.25) is 0 Å². The molecule has 4 atom stereocenters. The predicted molar refractivity (Wildman–Crippen MR) is 136 cm³/mol. The van der Waals surface area contributed by atoms with Gasteiger partial charge in [-0.1, -0.05) is 37.6 Å². The summed E-state index contributed by atoms with van der Waals surface area (Å²) in [6.07, 6.45) is 2.81. The largest absolute Gasteiger partial charge is 0.453 e. The molecule has 2 fully saturated rings. The molecule has 196 valence electrons. The maximum absolute atomic E-state index is 13.2. The summed E-state index contributed by atoms with van der Waals surface area (Å²) in [5.74, 6) is 1.05. The van der Waals surface area contributed by atoms with Gasteiger partial charge in [0.1, 0.15) is 6.10 Å². The minimum absolute atomic E-state index is 0.0869. The Balaban J connectivity index is 1.64. The molecule has 3 rings (SSSR count). The lowest BCUT2D eigenvalue weighted by molar-refractivity contribution is -0.0250. The second kappa shape index (κ2) is 13.9. The molecule has 0 spiro atoms. The Morgan fingerprint density at radius 2 is 2.11 bits per heavy atom. The van der Waals surface area contributed by atoms with Gasteiger partial charge in [-0.25, -0.2) is 9.59 Å². The fourth-order valence-electron chi connectivity index (χ4n) is 5.12. The van der Waals surface area contributed by atoms with Gasteiger partial charge in [0, 0.05) is 37.1 Å². The summed E-state index contributed by atoms with van der Waals surface area (Å²) in [6.45, 7) is 7.99. The van der Waals surface area contributed by atoms with Gasteiger partial charge < -0.3 is 29.7 Å². The number of halogens is 1. The van der Waals surface area contributed by atoms with Crippen molar-refractivity contribution in [3.8, 4) is 0 Å². The maximum atomic E-state index is 13.2. The lowest BCUT2D eigenvalue weighted by atomic mass is 9.87. The zero-order valence-electron chi connectivity index (χ0n) is 21.1. The van der Waals surface area contributed by atoms with E-state index in [1.165, 1.54) is 7.11 Å². The van der Waals surface area contributed by atoms with Crippen molar-refractivity contribution in [3.05, 3.63) is 34.9 Å². The second-order valence-electron chi connectivity index (χ2n) is 9.92. The first-order valence-electron chi connectivity index (χ1n) is 12.7. The van der Waals surface area contributed by atoms with Crippen molar-refractivity contribution in [3.63, 3.8) is 0 Å². The number of methoxy groups -OCH3 is 1. The number of nitrogens with zero attached hydrogens (tertiary/aromatic N) is 1. The molecule has 0 saturated carbocycles. The van der Waals surface area contributed by atoms with Gasteiger partial charge in [-0.3, -0.25) is 0 Å². The zero-order valence-corrected chi connectivity index (χ0v) is 21.9. The number of carbonyl (C=O) groups excluding carboxylic acids is 2. The minimum Gasteiger partial charge on any atom is -0.453 e. The fourth-order valence-corrected chi connectivity index (χ4v) is 5.32. The fraction of sp³-hybridized carbons (Fsp3) is 0.692. The van der Waals surface area contributed by atoms with Crippen LogP contribution in [0.5, 0.6) is 0 Å². The Kier molecular flexibility index (Phi) is 10.9. The van der Waals surface area contributed by atoms with E-state index in [4.69, 9.17) is 21.1 Å². The monoisotopic (exact) mass is 509 g/mol. The van der Waals surface area contributed by atoms with Gasteiger partial charge in [0.05, 0.1) is 19.8 Å². The number of hydrogen-bond acceptors (Lipinski definition) is 6. The van der Waals surface area contributed by atoms with E-state index in [2.05, 4.69) is 29.2 Å². The number of piperidine rings is 2. The van der Waals surface area contributed by atoms with Crippen LogP contribution in [-0.4, -0.2) is 69.6 Å². The van der Waals surface area contributed by atoms with E-state index >= 15 is 0 Å². The number of nitrogens with one attached hydrogen (secondary N) is 2. The lowest BCUT2D eigenvalue weighted by Gasteiger charge is -2.39. The van der Waals surface area contributed by atoms with Crippen LogP contribution < -0.4 is 10.6 Å². The van der Waals surface area contributed by atoms with Crippen LogP contribution in [0.1, 0.15) is 51.2 Å². The van der Waals surface area contributed by atoms with E-state index in [0.29, 0.717) is 49.6 Å². The Morgan fingerprint density at radius 1 is 1.29 bits per heavy atom. The summed E-state index contributed by atoms with van der Waals surface area (Å²) < 4.78 is 16.9. The molecule has 1 aromatic carbocycles. The van der Waals surface area contributed by atoms with Gasteiger partial charge >= 0.3 is 12.2 Å². The normalized spacial score (nSPS) is 23.6. The molecule has 2 heterocycles. The number of carbonyl (C=O) groups is 2. The van der Waals surface area contributed by atoms with E-state index in [1.807, 2.05) is 29.2 Å². The van der Waals surface area contributed by atoms with Gasteiger partial charge in [-0.15, -0.1) is 0 Å². The number of benzene rings is 1. The molecular formula is C26H40ClN3O5. The molecule has 2 N–H and O–H groups in total. The van der Waals surface area contributed by atoms with E-state index in [1.54, 1.807) is 0 Å². The van der Waals surface area contributed by atoms with Crippen LogP contribution >= 0.6 is 11.6 Å². The van der Waals surface area contributed by atoms with Crippen LogP contribution in [0, 0.1) is 17.8 Å². The van der Waals surface area contributed by atoms with E-state index in [0.717, 1.165) is 37.8 Å². The molecule has 0 bridgehead atoms. The summed E-state index contributed by atoms with van der Waals surface area (Å²) in [7, 11) is 1.33. The molecule has 1 aromatic rings. The molecule has 9 heteroatoms. The molecular weight excluding hydrogens is 470 g/mol. The van der Waals surface area contributed by atoms with Crippen molar-refractivity contribution in [1.29, 1.82) is 0 Å². The minimum atomic E-state index is -0.493. The molecule has 2 amide bonds. The van der Waals surface area contributed by atoms with Gasteiger partial charge in [-0.05, 0) is 61.8 Å². The van der Waals surface area contributed by atoms with E-state index < -0.39 is 6.09 Å². The summed E-state index contributed by atoms with van der Waals surface area (Å²) in [6, 6.07) is 7.63. The first kappa shape index (κ1) is 27.6. The topological polar surface area (TPSA) is 89.1 Å². The predicted octanol–water partition coefficient (Wildman–Crippen LogP) is 4.63. The van der Waals surface area contributed by atoms with Gasteiger partial charge in [-0.2, -0.15) is 0 Å². The molecule has 2 aliphatic heterocycles. The molecule has 0 aromatic heterocycles. The van der Waals surface area contributed by atoms with Crippen molar-refractivity contribution >= 4 is 23.8 Å². The first-order chi connectivity index (χ1) is 16.9. The van der Waals surface area contributed by atoms with Crippen LogP contribution in [-0.2, 0) is 14.2 Å². The Bertz CT molecular complexity index is 824. The standard InChI is InChI=1S/C26H40ClN3O5/c1-18(2)14-19-9-10-28-16-23(19)35-26(32)30-12-5-7-21(17-30)24(20-6-4-8-22(27)15-20)34-13-11-29-25(31)33-3/h4,6,8,15,18-19,21,23-24,28H,5,7,9-14,16-17H2,1-3H3,(H,29,31)/t19-,21?,23-,24?/m0/s1. The van der Waals surface area contributed by atoms with Crippen molar-refractivity contribution in [2.45, 2.75) is 51.7 Å². The summed E-state index contributed by atoms with van der Waals surface area (Å²) >= 11 is 6.27. The van der Waals surface area contributed by atoms with Crippen LogP contribution in [0.4, 0.5) is 9.59 Å². The zero-order chi connectivity index (χ0) is 25.2. The number of rotatable bonds is 9. The van der Waals surface area contributed by atoms with Crippen LogP contribution in [0.2, 0.25) is 5.02 Å². The molecule has 2 unspecified atom stereocenters. The number of likely N-dealkylation sites (tertiary alicyclic amines) is 1. The van der Waals surface area contributed by atoms with Crippen molar-refractivity contribution < 1.29 is 23.8 Å². The highest BCUT2D eigenvalue weighted by Gasteiger charge is 2.35. The second-order valence-corrected chi connectivity index (χ2v) is 10.4. The molecule has 2 saturated heterocycles. The average molecular weight is 510 g/mol. The number of ether oxygens (including phenoxy) is 3. The average Bonchev–Trinajstić information content (AvgIpc) is 2.84. The van der Waals surface area contributed by atoms with Crippen LogP contribution in [0.25, 0.3) is 0 Å². The highest BCUT2D eigenvalue weighted by atomic mass is 35.5. The highest BCUT2D eigenvalue weighted by molar-refractivity contribution is 6.30. The number of amides is 2. The summed E-state index contributed by atoms with van der Waals surface area (Å²) in [5.41, 5.74) is 0.962. The number of hydrogen-bond donors (Lipinski definition) is 2. The number of alkyl carbamates (subject to hydrolysis) is 1. The third kappa shape index (κ3) is 8.54. The maximum Gasteiger partial charge on any atom is 0.410 e. The lowest BCUT2D eigenvalue weighted by Crippen LogP contribution is -2.48. The van der Waals surface area contributed by atoms with Gasteiger partial charge in [0.15, 0.2) is 0 Å². The molecule has 2 aliphatic rings. The molecule has 35 heavy (non-hydrogen) atoms. The molecule has 0 radical (unpaired) electrons. The third-order valence-electron chi connectivity index (χ3n) is 6.77. The van der Waals surface area contributed by atoms with Crippen LogP contribution in [0.3, 0.4) is 0 Å². The Morgan fingerprint density at radius 3 is 2.86 bits per heavy atom. The van der Waals surface area contributed by atoms with Crippen LogP contribution in [0.15, 0.2) is 24.3 Å². The SMILES string of the molecule is COC(=O)NCCOC(c1cccc(Cl)c1)C1CCCN(C(=O)O[C@H]2CNCC[C@H]2CC(C)C)C1. The van der Waals surface area contributed by atoms with Crippen molar-refractivity contribution in [2.75, 3.05) is 46.4 Å². The molecule has 8 nitrogen and oxygen atoms in total. The molecule has 0 aliphatic carbocycles.